The molecule has 1 aliphatic heterocycles. The van der Waals surface area contributed by atoms with Crippen LogP contribution in [0.4, 0.5) is 0 Å². The first-order chi connectivity index (χ1) is 5.34. The molecule has 0 spiro atoms. The Labute approximate surface area is 68.2 Å². The van der Waals surface area contributed by atoms with Crippen LogP contribution in [0.1, 0.15) is 20.3 Å². The van der Waals surface area contributed by atoms with E-state index < -0.39 is 0 Å². The highest BCUT2D eigenvalue weighted by Gasteiger charge is 2.22. The molecule has 2 unspecified atom stereocenters. The maximum absolute atomic E-state index is 5.41. The first kappa shape index (κ1) is 8.60. The topological polar surface area (TPSA) is 18.5 Å². The van der Waals surface area contributed by atoms with Crippen molar-refractivity contribution in [2.24, 2.45) is 5.92 Å². The van der Waals surface area contributed by atoms with E-state index in [1.807, 2.05) is 13.0 Å². The van der Waals surface area contributed by atoms with Gasteiger partial charge in [0.05, 0.1) is 12.9 Å². The van der Waals surface area contributed by atoms with E-state index in [0.717, 1.165) is 19.6 Å². The summed E-state index contributed by atoms with van der Waals surface area (Å²) < 4.78 is 10.7. The summed E-state index contributed by atoms with van der Waals surface area (Å²) in [6.07, 6.45) is 5.10. The lowest BCUT2D eigenvalue weighted by atomic mass is 10.0. The molecule has 1 heterocycles. The average Bonchev–Trinajstić information content (AvgIpc) is 2.52. The van der Waals surface area contributed by atoms with Gasteiger partial charge in [-0.3, -0.25) is 0 Å². The van der Waals surface area contributed by atoms with Crippen molar-refractivity contribution in [3.63, 3.8) is 0 Å². The molecule has 0 aliphatic carbocycles. The highest BCUT2D eigenvalue weighted by Crippen LogP contribution is 2.18. The maximum Gasteiger partial charge on any atom is 0.100 e. The van der Waals surface area contributed by atoms with Crippen LogP contribution in [0.2, 0.25) is 0 Å². The van der Waals surface area contributed by atoms with Crippen LogP contribution in [-0.2, 0) is 9.47 Å². The highest BCUT2D eigenvalue weighted by atomic mass is 16.5. The molecular formula is C9H16O2. The van der Waals surface area contributed by atoms with Gasteiger partial charge in [-0.2, -0.15) is 0 Å². The molecule has 0 aromatic rings. The van der Waals surface area contributed by atoms with Crippen molar-refractivity contribution in [1.29, 1.82) is 0 Å². The first-order valence-corrected chi connectivity index (χ1v) is 4.19. The summed E-state index contributed by atoms with van der Waals surface area (Å²) in [6.45, 7) is 5.81. The van der Waals surface area contributed by atoms with Crippen LogP contribution in [0.3, 0.4) is 0 Å². The minimum Gasteiger partial charge on any atom is -0.498 e. The number of ether oxygens (including phenoxy) is 2. The molecule has 0 aromatic heterocycles. The number of hydrogen-bond acceptors (Lipinski definition) is 2. The fourth-order valence-corrected chi connectivity index (χ4v) is 1.24. The molecule has 1 aliphatic rings. The third-order valence-corrected chi connectivity index (χ3v) is 2.06. The van der Waals surface area contributed by atoms with Crippen LogP contribution >= 0.6 is 0 Å². The van der Waals surface area contributed by atoms with Crippen molar-refractivity contribution in [3.05, 3.63) is 12.3 Å². The zero-order chi connectivity index (χ0) is 8.10. The van der Waals surface area contributed by atoms with Crippen molar-refractivity contribution < 1.29 is 9.47 Å². The van der Waals surface area contributed by atoms with E-state index >= 15 is 0 Å². The monoisotopic (exact) mass is 156 g/mol. The Morgan fingerprint density at radius 3 is 3.00 bits per heavy atom. The van der Waals surface area contributed by atoms with Crippen molar-refractivity contribution in [1.82, 2.24) is 0 Å². The summed E-state index contributed by atoms with van der Waals surface area (Å²) in [4.78, 5) is 0. The normalized spacial score (nSPS) is 27.6. The maximum atomic E-state index is 5.41. The van der Waals surface area contributed by atoms with Crippen molar-refractivity contribution in [3.8, 4) is 0 Å². The quantitative estimate of drug-likeness (QED) is 0.581. The minimum atomic E-state index is 0.300. The summed E-state index contributed by atoms with van der Waals surface area (Å²) in [5.41, 5.74) is 0. The summed E-state index contributed by atoms with van der Waals surface area (Å²) in [5.74, 6) is 0.589. The van der Waals surface area contributed by atoms with Crippen molar-refractivity contribution in [2.45, 2.75) is 26.4 Å². The molecule has 1 saturated heterocycles. The summed E-state index contributed by atoms with van der Waals surface area (Å²) in [5, 5.41) is 0. The molecule has 1 rings (SSSR count). The fourth-order valence-electron chi connectivity index (χ4n) is 1.24. The van der Waals surface area contributed by atoms with Gasteiger partial charge in [0, 0.05) is 12.5 Å². The van der Waals surface area contributed by atoms with Gasteiger partial charge in [-0.1, -0.05) is 6.08 Å². The van der Waals surface area contributed by atoms with E-state index in [9.17, 15) is 0 Å². The van der Waals surface area contributed by atoms with Crippen LogP contribution in [-0.4, -0.2) is 19.3 Å². The SMILES string of the molecule is C/C=C/OC(C)C1CCOC1. The molecule has 0 bridgehead atoms. The zero-order valence-electron chi connectivity index (χ0n) is 7.25. The first-order valence-electron chi connectivity index (χ1n) is 4.19. The van der Waals surface area contributed by atoms with E-state index in [2.05, 4.69) is 6.92 Å². The Kier molecular flexibility index (Phi) is 3.43. The Morgan fingerprint density at radius 2 is 2.45 bits per heavy atom. The number of hydrogen-bond donors (Lipinski definition) is 0. The van der Waals surface area contributed by atoms with Crippen LogP contribution in [0, 0.1) is 5.92 Å². The van der Waals surface area contributed by atoms with Crippen molar-refractivity contribution in [2.75, 3.05) is 13.2 Å². The van der Waals surface area contributed by atoms with Gasteiger partial charge in [0.15, 0.2) is 0 Å². The van der Waals surface area contributed by atoms with Crippen LogP contribution < -0.4 is 0 Å². The van der Waals surface area contributed by atoms with Crippen LogP contribution in [0.5, 0.6) is 0 Å². The van der Waals surface area contributed by atoms with Crippen LogP contribution in [0.25, 0.3) is 0 Å². The lowest BCUT2D eigenvalue weighted by molar-refractivity contribution is 0.0880. The smallest absolute Gasteiger partial charge is 0.100 e. The molecule has 0 amide bonds. The van der Waals surface area contributed by atoms with Gasteiger partial charge in [-0.25, -0.2) is 0 Å². The van der Waals surface area contributed by atoms with E-state index in [4.69, 9.17) is 9.47 Å². The number of allylic oxidation sites excluding steroid dienone is 1. The largest absolute Gasteiger partial charge is 0.498 e. The summed E-state index contributed by atoms with van der Waals surface area (Å²) in [6, 6.07) is 0. The minimum absolute atomic E-state index is 0.300. The summed E-state index contributed by atoms with van der Waals surface area (Å²) in [7, 11) is 0. The van der Waals surface area contributed by atoms with E-state index in [0.29, 0.717) is 12.0 Å². The third-order valence-electron chi connectivity index (χ3n) is 2.06. The van der Waals surface area contributed by atoms with E-state index in [-0.39, 0.29) is 0 Å². The predicted octanol–water partition coefficient (Wildman–Crippen LogP) is 1.96. The molecule has 2 atom stereocenters. The Balaban J connectivity index is 2.22. The van der Waals surface area contributed by atoms with Gasteiger partial charge in [-0.15, -0.1) is 0 Å². The fraction of sp³-hybridized carbons (Fsp3) is 0.778. The zero-order valence-corrected chi connectivity index (χ0v) is 7.25. The molecule has 64 valence electrons. The molecule has 0 saturated carbocycles. The molecule has 2 heteroatoms. The second-order valence-corrected chi connectivity index (χ2v) is 2.93. The van der Waals surface area contributed by atoms with Gasteiger partial charge in [-0.05, 0) is 20.3 Å². The molecule has 0 aromatic carbocycles. The number of rotatable bonds is 3. The predicted molar refractivity (Wildman–Crippen MR) is 44.3 cm³/mol. The van der Waals surface area contributed by atoms with Gasteiger partial charge in [0.25, 0.3) is 0 Å². The van der Waals surface area contributed by atoms with Crippen LogP contribution in [0.15, 0.2) is 12.3 Å². The van der Waals surface area contributed by atoms with E-state index in [1.165, 1.54) is 0 Å². The second kappa shape index (κ2) is 4.39. The lowest BCUT2D eigenvalue weighted by Crippen LogP contribution is -2.18. The molecular weight excluding hydrogens is 140 g/mol. The van der Waals surface area contributed by atoms with Gasteiger partial charge < -0.3 is 9.47 Å². The van der Waals surface area contributed by atoms with Gasteiger partial charge in [0.1, 0.15) is 6.10 Å². The Bertz CT molecular complexity index is 126. The van der Waals surface area contributed by atoms with Gasteiger partial charge in [0.2, 0.25) is 0 Å². The molecule has 11 heavy (non-hydrogen) atoms. The molecule has 0 radical (unpaired) electrons. The van der Waals surface area contributed by atoms with Crippen molar-refractivity contribution >= 4 is 0 Å². The standard InChI is InChI=1S/C9H16O2/c1-3-5-11-8(2)9-4-6-10-7-9/h3,5,8-9H,4,6-7H2,1-2H3/b5-3+. The third kappa shape index (κ3) is 2.54. The average molecular weight is 156 g/mol. The van der Waals surface area contributed by atoms with E-state index in [1.54, 1.807) is 6.26 Å². The highest BCUT2D eigenvalue weighted by molar-refractivity contribution is 4.74. The van der Waals surface area contributed by atoms with Gasteiger partial charge >= 0.3 is 0 Å². The summed E-state index contributed by atoms with van der Waals surface area (Å²) >= 11 is 0. The molecule has 2 nitrogen and oxygen atoms in total. The second-order valence-electron chi connectivity index (χ2n) is 2.93. The Morgan fingerprint density at radius 1 is 1.64 bits per heavy atom. The molecule has 1 fully saturated rings. The Hall–Kier alpha value is -0.500. The molecule has 0 N–H and O–H groups in total. The lowest BCUT2D eigenvalue weighted by Gasteiger charge is -2.16.